The number of hydrogen-bond acceptors (Lipinski definition) is 3. The van der Waals surface area contributed by atoms with Gasteiger partial charge in [-0.25, -0.2) is 0 Å². The molecule has 0 saturated carbocycles. The lowest BCUT2D eigenvalue weighted by atomic mass is 10.1. The molecule has 2 atom stereocenters. The smallest absolute Gasteiger partial charge is 0.148 e. The van der Waals surface area contributed by atoms with Crippen molar-refractivity contribution in [2.45, 2.75) is 26.8 Å². The summed E-state index contributed by atoms with van der Waals surface area (Å²) in [7, 11) is 0. The first kappa shape index (κ1) is 11.4. The second-order valence-corrected chi connectivity index (χ2v) is 4.27. The molecule has 0 spiro atoms. The van der Waals surface area contributed by atoms with Crippen molar-refractivity contribution in [3.63, 3.8) is 0 Å². The maximum atomic E-state index is 4.06. The fourth-order valence-electron chi connectivity index (χ4n) is 0.985. The van der Waals surface area contributed by atoms with Gasteiger partial charge in [0.25, 0.3) is 0 Å². The first-order valence-electron chi connectivity index (χ1n) is 4.76. The second-order valence-electron chi connectivity index (χ2n) is 3.62. The second kappa shape index (κ2) is 5.29. The molecule has 14 heavy (non-hydrogen) atoms. The standard InChI is InChI=1S/C10H16BrN3/c1-7(6-11)9(3)12-10-5-4-8(2)13-14-10/h4-5,7,9H,6H2,1-3H3,(H,12,14). The van der Waals surface area contributed by atoms with Crippen molar-refractivity contribution in [2.75, 3.05) is 10.6 Å². The number of alkyl halides is 1. The highest BCUT2D eigenvalue weighted by atomic mass is 79.9. The summed E-state index contributed by atoms with van der Waals surface area (Å²) in [4.78, 5) is 0. The zero-order valence-electron chi connectivity index (χ0n) is 8.79. The topological polar surface area (TPSA) is 37.8 Å². The number of nitrogens with zero attached hydrogens (tertiary/aromatic N) is 2. The molecule has 78 valence electrons. The first-order valence-corrected chi connectivity index (χ1v) is 5.88. The minimum absolute atomic E-state index is 0.395. The molecular weight excluding hydrogens is 242 g/mol. The summed E-state index contributed by atoms with van der Waals surface area (Å²) in [5.41, 5.74) is 0.941. The zero-order chi connectivity index (χ0) is 10.6. The largest absolute Gasteiger partial charge is 0.366 e. The molecule has 0 aliphatic rings. The van der Waals surface area contributed by atoms with Crippen LogP contribution in [0.1, 0.15) is 19.5 Å². The van der Waals surface area contributed by atoms with Gasteiger partial charge in [-0.1, -0.05) is 22.9 Å². The third-order valence-electron chi connectivity index (χ3n) is 2.27. The molecule has 1 heterocycles. The summed E-state index contributed by atoms with van der Waals surface area (Å²) >= 11 is 3.46. The van der Waals surface area contributed by atoms with E-state index >= 15 is 0 Å². The number of rotatable bonds is 4. The highest BCUT2D eigenvalue weighted by Gasteiger charge is 2.10. The third kappa shape index (κ3) is 3.25. The monoisotopic (exact) mass is 257 g/mol. The fraction of sp³-hybridized carbons (Fsp3) is 0.600. The van der Waals surface area contributed by atoms with Crippen molar-refractivity contribution < 1.29 is 0 Å². The maximum absolute atomic E-state index is 4.06. The zero-order valence-corrected chi connectivity index (χ0v) is 10.4. The van der Waals surface area contributed by atoms with Crippen LogP contribution >= 0.6 is 15.9 Å². The number of aryl methyl sites for hydroxylation is 1. The number of nitrogens with one attached hydrogen (secondary N) is 1. The maximum Gasteiger partial charge on any atom is 0.148 e. The van der Waals surface area contributed by atoms with Crippen molar-refractivity contribution in [2.24, 2.45) is 5.92 Å². The van der Waals surface area contributed by atoms with E-state index in [-0.39, 0.29) is 0 Å². The SMILES string of the molecule is Cc1ccc(NC(C)C(C)CBr)nn1. The minimum atomic E-state index is 0.395. The molecule has 2 unspecified atom stereocenters. The molecule has 0 aliphatic carbocycles. The van der Waals surface area contributed by atoms with E-state index in [2.05, 4.69) is 45.3 Å². The van der Waals surface area contributed by atoms with E-state index in [1.54, 1.807) is 0 Å². The molecule has 0 aliphatic heterocycles. The average Bonchev–Trinajstić information content (AvgIpc) is 2.20. The van der Waals surface area contributed by atoms with Crippen molar-refractivity contribution in [3.05, 3.63) is 17.8 Å². The van der Waals surface area contributed by atoms with Gasteiger partial charge >= 0.3 is 0 Å². The average molecular weight is 258 g/mol. The molecule has 0 fully saturated rings. The Morgan fingerprint density at radius 1 is 1.36 bits per heavy atom. The normalized spacial score (nSPS) is 14.9. The lowest BCUT2D eigenvalue weighted by molar-refractivity contribution is 0.569. The Morgan fingerprint density at radius 2 is 2.07 bits per heavy atom. The van der Waals surface area contributed by atoms with Crippen LogP contribution in [-0.4, -0.2) is 21.6 Å². The molecule has 0 saturated heterocycles. The summed E-state index contributed by atoms with van der Waals surface area (Å²) in [6.45, 7) is 6.27. The van der Waals surface area contributed by atoms with Gasteiger partial charge in [0.2, 0.25) is 0 Å². The number of aromatic nitrogens is 2. The van der Waals surface area contributed by atoms with Gasteiger partial charge < -0.3 is 5.32 Å². The molecule has 1 aromatic heterocycles. The molecular formula is C10H16BrN3. The minimum Gasteiger partial charge on any atom is -0.366 e. The lowest BCUT2D eigenvalue weighted by Gasteiger charge is -2.19. The van der Waals surface area contributed by atoms with Crippen LogP contribution in [0.4, 0.5) is 5.82 Å². The third-order valence-corrected chi connectivity index (χ3v) is 3.29. The highest BCUT2D eigenvalue weighted by molar-refractivity contribution is 9.09. The molecule has 1 aromatic rings. The van der Waals surface area contributed by atoms with Gasteiger partial charge in [-0.2, -0.15) is 5.10 Å². The summed E-state index contributed by atoms with van der Waals surface area (Å²) < 4.78 is 0. The predicted octanol–water partition coefficient (Wildman–Crippen LogP) is 2.62. The van der Waals surface area contributed by atoms with Gasteiger partial charge in [0, 0.05) is 11.4 Å². The Bertz CT molecular complexity index is 273. The summed E-state index contributed by atoms with van der Waals surface area (Å²) in [6.07, 6.45) is 0. The highest BCUT2D eigenvalue weighted by Crippen LogP contribution is 2.11. The molecule has 1 N–H and O–H groups in total. The molecule has 0 amide bonds. The van der Waals surface area contributed by atoms with Gasteiger partial charge in [0.1, 0.15) is 5.82 Å². The first-order chi connectivity index (χ1) is 6.63. The van der Waals surface area contributed by atoms with E-state index in [1.807, 2.05) is 19.1 Å². The van der Waals surface area contributed by atoms with E-state index in [1.165, 1.54) is 0 Å². The van der Waals surface area contributed by atoms with E-state index < -0.39 is 0 Å². The number of anilines is 1. The fourth-order valence-corrected chi connectivity index (χ4v) is 1.55. The Morgan fingerprint density at radius 3 is 2.57 bits per heavy atom. The Labute approximate surface area is 93.4 Å². The van der Waals surface area contributed by atoms with Crippen LogP contribution < -0.4 is 5.32 Å². The number of hydrogen-bond donors (Lipinski definition) is 1. The van der Waals surface area contributed by atoms with E-state index in [0.717, 1.165) is 16.8 Å². The summed E-state index contributed by atoms with van der Waals surface area (Å²) in [5.74, 6) is 1.41. The molecule has 0 bridgehead atoms. The van der Waals surface area contributed by atoms with E-state index in [9.17, 15) is 0 Å². The van der Waals surface area contributed by atoms with Crippen LogP contribution in [0.25, 0.3) is 0 Å². The van der Waals surface area contributed by atoms with Crippen molar-refractivity contribution >= 4 is 21.7 Å². The van der Waals surface area contributed by atoms with E-state index in [0.29, 0.717) is 12.0 Å². The summed E-state index contributed by atoms with van der Waals surface area (Å²) in [5, 5.41) is 12.4. The van der Waals surface area contributed by atoms with Gasteiger partial charge in [-0.3, -0.25) is 0 Å². The van der Waals surface area contributed by atoms with Crippen molar-refractivity contribution in [1.82, 2.24) is 10.2 Å². The van der Waals surface area contributed by atoms with Crippen molar-refractivity contribution in [1.29, 1.82) is 0 Å². The van der Waals surface area contributed by atoms with Gasteiger partial charge in [-0.05, 0) is 31.9 Å². The van der Waals surface area contributed by atoms with Gasteiger partial charge in [0.15, 0.2) is 0 Å². The van der Waals surface area contributed by atoms with Crippen molar-refractivity contribution in [3.8, 4) is 0 Å². The van der Waals surface area contributed by atoms with Crippen LogP contribution in [0.3, 0.4) is 0 Å². The lowest BCUT2D eigenvalue weighted by Crippen LogP contribution is -2.25. The van der Waals surface area contributed by atoms with Gasteiger partial charge in [0.05, 0.1) is 5.69 Å². The quantitative estimate of drug-likeness (QED) is 0.843. The van der Waals surface area contributed by atoms with Gasteiger partial charge in [-0.15, -0.1) is 5.10 Å². The molecule has 1 rings (SSSR count). The molecule has 0 aromatic carbocycles. The molecule has 0 radical (unpaired) electrons. The summed E-state index contributed by atoms with van der Waals surface area (Å²) in [6, 6.07) is 4.31. The Kier molecular flexibility index (Phi) is 4.32. The Balaban J connectivity index is 2.56. The molecule has 3 nitrogen and oxygen atoms in total. The van der Waals surface area contributed by atoms with Crippen LogP contribution in [-0.2, 0) is 0 Å². The van der Waals surface area contributed by atoms with Crippen LogP contribution in [0.2, 0.25) is 0 Å². The van der Waals surface area contributed by atoms with Crippen LogP contribution in [0, 0.1) is 12.8 Å². The van der Waals surface area contributed by atoms with E-state index in [4.69, 9.17) is 0 Å². The van der Waals surface area contributed by atoms with Crippen LogP contribution in [0.15, 0.2) is 12.1 Å². The van der Waals surface area contributed by atoms with Crippen LogP contribution in [0.5, 0.6) is 0 Å². The molecule has 4 heteroatoms. The Hall–Kier alpha value is -0.640. The predicted molar refractivity (Wildman–Crippen MR) is 62.8 cm³/mol. The number of halogens is 1.